The molecule has 6 nitrogen and oxygen atoms in total. The first kappa shape index (κ1) is 78.0. The van der Waals surface area contributed by atoms with Crippen LogP contribution in [0.1, 0.15) is 326 Å². The zero-order chi connectivity index (χ0) is 69.9. The number of hydrogen-bond donors (Lipinski definition) is 0. The Kier molecular flexibility index (Phi) is 29.0. The van der Waals surface area contributed by atoms with Gasteiger partial charge < -0.3 is 28.4 Å². The van der Waals surface area contributed by atoms with Crippen LogP contribution in [0.3, 0.4) is 0 Å². The van der Waals surface area contributed by atoms with Gasteiger partial charge in [-0.05, 0) is 298 Å². The van der Waals surface area contributed by atoms with Crippen molar-refractivity contribution < 1.29 is 28.4 Å². The van der Waals surface area contributed by atoms with Crippen molar-refractivity contribution in [2.75, 3.05) is 0 Å². The molecule has 6 heteroatoms. The molecule has 3 aromatic carbocycles. The van der Waals surface area contributed by atoms with Crippen LogP contribution < -0.4 is 0 Å². The fourth-order valence-electron chi connectivity index (χ4n) is 20.8. The fourth-order valence-corrected chi connectivity index (χ4v) is 20.8. The Morgan fingerprint density at radius 1 is 0.327 bits per heavy atom. The summed E-state index contributed by atoms with van der Waals surface area (Å²) in [5.41, 5.74) is 8.42. The number of rotatable bonds is 18. The molecule has 0 saturated heterocycles. The Bertz CT molecular complexity index is 2700. The SMILES string of the molecule is CC(C)C(C)OC12CC3CC(CC(C3)C1)C2.CC(C)C(C)OC1C2CC3CC(C2)CC1C3.CC(C)C(C)OC1CCC2CCCCC2C1.CC(C)C(C)OC1CCCC2CCCCC21.CC(C)C(C)OC1CCc2ccccc21.CC(C)C(C)OC1c2ccccc2-c2ccccc21. The third-order valence-electron chi connectivity index (χ3n) is 27.9. The molecule has 17 rings (SSSR count). The summed E-state index contributed by atoms with van der Waals surface area (Å²) in [5, 5.41) is 0. The van der Waals surface area contributed by atoms with E-state index in [0.717, 1.165) is 71.5 Å². The predicted octanol–water partition coefficient (Wildman–Crippen LogP) is 25.3. The van der Waals surface area contributed by atoms with Crippen LogP contribution in [0.15, 0.2) is 72.8 Å². The summed E-state index contributed by atoms with van der Waals surface area (Å²) in [4.78, 5) is 0. The summed E-state index contributed by atoms with van der Waals surface area (Å²) in [6, 6.07) is 25.8. The van der Waals surface area contributed by atoms with Crippen LogP contribution in [-0.4, -0.2) is 60.5 Å². The second-order valence-electron chi connectivity index (χ2n) is 37.2. The molecule has 0 aliphatic heterocycles. The normalized spacial score (nSPS) is 34.0. The maximum absolute atomic E-state index is 6.51. The molecule has 13 atom stereocenters. The second-order valence-corrected chi connectivity index (χ2v) is 37.2. The Balaban J connectivity index is 0.000000128. The third kappa shape index (κ3) is 20.7. The Morgan fingerprint density at radius 2 is 0.765 bits per heavy atom. The minimum Gasteiger partial charge on any atom is -0.375 e. The molecule has 3 aromatic rings. The van der Waals surface area contributed by atoms with Gasteiger partial charge in [0.05, 0.1) is 66.6 Å². The van der Waals surface area contributed by atoms with Gasteiger partial charge >= 0.3 is 0 Å². The van der Waals surface area contributed by atoms with Gasteiger partial charge in [0, 0.05) is 0 Å². The summed E-state index contributed by atoms with van der Waals surface area (Å²) in [7, 11) is 0. The van der Waals surface area contributed by atoms with Gasteiger partial charge in [0.2, 0.25) is 0 Å². The van der Waals surface area contributed by atoms with Gasteiger partial charge in [0.1, 0.15) is 6.10 Å². The molecule has 552 valence electrons. The van der Waals surface area contributed by atoms with E-state index in [2.05, 4.69) is 197 Å². The first-order chi connectivity index (χ1) is 46.9. The van der Waals surface area contributed by atoms with Crippen LogP contribution in [0.2, 0.25) is 0 Å². The Hall–Kier alpha value is -2.58. The van der Waals surface area contributed by atoms with E-state index in [9.17, 15) is 0 Å². The summed E-state index contributed by atoms with van der Waals surface area (Å²) >= 11 is 0. The number of fused-ring (bicyclic) bond motifs is 6. The largest absolute Gasteiger partial charge is 0.375 e. The molecule has 14 aliphatic carbocycles. The van der Waals surface area contributed by atoms with E-state index in [1.165, 1.54) is 194 Å². The molecule has 12 saturated carbocycles. The molecule has 0 heterocycles. The van der Waals surface area contributed by atoms with Gasteiger partial charge in [-0.3, -0.25) is 0 Å². The number of ether oxygens (including phenoxy) is 6. The topological polar surface area (TPSA) is 55.4 Å². The molecule has 14 aliphatic rings. The summed E-state index contributed by atoms with van der Waals surface area (Å²) < 4.78 is 37.8. The standard InChI is InChI=1S/C18H20O.2C15H26O.2C15H28O.C14H20O/c1-12(2)13(3)19-18-16-10-6-4-8-14(16)15-9-5-7-11-17(15)18;1-10(2)11(3)16-15-7-12-4-13(8-15)6-14(5-12)9-15;1-9(2)10(3)16-15-13-5-11-4-12(7-13)8-14(15)6-11;1-11(2)12(3)16-15-10-6-8-13-7-4-5-9-14(13)15;1-11(2)12(3)16-15-9-8-13-6-4-5-7-14(13)10-15;1-10(2)11(3)15-14-9-8-12-6-4-5-7-13(12)14/h4-13,18H,1-3H3;10-14H,4-9H2,1-3H3;9-15H,4-8H2,1-3H3;2*11-15H,4-10H2,1-3H3;4-7,10-11,14H,8-9H2,1-3H3. The van der Waals surface area contributed by atoms with E-state index in [0.29, 0.717) is 96.0 Å². The molecule has 0 N–H and O–H groups in total. The first-order valence-electron chi connectivity index (χ1n) is 42.1. The van der Waals surface area contributed by atoms with E-state index in [-0.39, 0.29) is 12.2 Å². The molecule has 98 heavy (non-hydrogen) atoms. The lowest BCUT2D eigenvalue weighted by Gasteiger charge is -2.57. The zero-order valence-corrected chi connectivity index (χ0v) is 66.1. The molecule has 0 aromatic heterocycles. The highest BCUT2D eigenvalue weighted by Crippen LogP contribution is 2.58. The highest BCUT2D eigenvalue weighted by Gasteiger charge is 2.53. The maximum atomic E-state index is 6.51. The van der Waals surface area contributed by atoms with Gasteiger partial charge in [-0.1, -0.05) is 207 Å². The van der Waals surface area contributed by atoms with Crippen molar-refractivity contribution in [1.82, 2.24) is 0 Å². The van der Waals surface area contributed by atoms with Crippen LogP contribution in [0.4, 0.5) is 0 Å². The monoisotopic (exact) mass is 1350 g/mol. The molecule has 0 spiro atoms. The van der Waals surface area contributed by atoms with Gasteiger partial charge in [-0.2, -0.15) is 0 Å². The zero-order valence-electron chi connectivity index (χ0n) is 66.1. The van der Waals surface area contributed by atoms with Crippen molar-refractivity contribution in [2.45, 2.75) is 371 Å². The van der Waals surface area contributed by atoms with E-state index in [1.807, 2.05) is 0 Å². The van der Waals surface area contributed by atoms with Crippen LogP contribution in [0, 0.1) is 101 Å². The number of hydrogen-bond acceptors (Lipinski definition) is 6. The smallest absolute Gasteiger partial charge is 0.109 e. The summed E-state index contributed by atoms with van der Waals surface area (Å²) in [6.45, 7) is 40.4. The van der Waals surface area contributed by atoms with Crippen molar-refractivity contribution >= 4 is 0 Å². The van der Waals surface area contributed by atoms with Crippen molar-refractivity contribution in [2.24, 2.45) is 101 Å². The molecular weight excluding hydrogens is 1200 g/mol. The van der Waals surface area contributed by atoms with Gasteiger partial charge in [-0.15, -0.1) is 0 Å². The number of benzene rings is 3. The average Bonchev–Trinajstić information content (AvgIpc) is 1.11. The van der Waals surface area contributed by atoms with Gasteiger partial charge in [0.15, 0.2) is 0 Å². The van der Waals surface area contributed by atoms with Crippen LogP contribution >= 0.6 is 0 Å². The Morgan fingerprint density at radius 3 is 1.32 bits per heavy atom. The van der Waals surface area contributed by atoms with Crippen molar-refractivity contribution in [3.05, 3.63) is 95.1 Å². The minimum atomic E-state index is 0.0878. The maximum Gasteiger partial charge on any atom is 0.109 e. The quantitative estimate of drug-likeness (QED) is 0.127. The minimum absolute atomic E-state index is 0.0878. The van der Waals surface area contributed by atoms with Crippen LogP contribution in [0.25, 0.3) is 11.1 Å². The molecule has 13 unspecified atom stereocenters. The van der Waals surface area contributed by atoms with E-state index in [4.69, 9.17) is 28.4 Å². The van der Waals surface area contributed by atoms with Gasteiger partial charge in [-0.25, -0.2) is 0 Å². The lowest BCUT2D eigenvalue weighted by atomic mass is 9.54. The fraction of sp³-hybridized carbons (Fsp3) is 0.804. The van der Waals surface area contributed by atoms with Crippen LogP contribution in [-0.2, 0) is 34.8 Å². The van der Waals surface area contributed by atoms with Crippen molar-refractivity contribution in [3.8, 4) is 11.1 Å². The average molecular weight is 1350 g/mol. The molecule has 8 bridgehead atoms. The van der Waals surface area contributed by atoms with Crippen molar-refractivity contribution in [3.63, 3.8) is 0 Å². The van der Waals surface area contributed by atoms with Gasteiger partial charge in [0.25, 0.3) is 0 Å². The predicted molar refractivity (Wildman–Crippen MR) is 411 cm³/mol. The van der Waals surface area contributed by atoms with E-state index >= 15 is 0 Å². The lowest BCUT2D eigenvalue weighted by Crippen LogP contribution is -2.53. The Labute approximate surface area is 602 Å². The number of aryl methyl sites for hydroxylation is 1. The van der Waals surface area contributed by atoms with Crippen molar-refractivity contribution in [1.29, 1.82) is 0 Å². The second kappa shape index (κ2) is 36.4. The van der Waals surface area contributed by atoms with Crippen LogP contribution in [0.5, 0.6) is 0 Å². The summed E-state index contributed by atoms with van der Waals surface area (Å²) in [6.07, 6.45) is 43.0. The lowest BCUT2D eigenvalue weighted by molar-refractivity contribution is -0.191. The highest BCUT2D eigenvalue weighted by molar-refractivity contribution is 5.78. The molecule has 12 fully saturated rings. The molecular formula is C92H148O6. The third-order valence-corrected chi connectivity index (χ3v) is 27.9. The first-order valence-corrected chi connectivity index (χ1v) is 42.1. The van der Waals surface area contributed by atoms with E-state index in [1.54, 1.807) is 6.42 Å². The molecule has 0 radical (unpaired) electrons. The van der Waals surface area contributed by atoms with E-state index < -0.39 is 0 Å². The molecule has 0 amide bonds. The summed E-state index contributed by atoms with van der Waals surface area (Å²) in [5.74, 6) is 14.7. The highest BCUT2D eigenvalue weighted by atomic mass is 16.5.